The van der Waals surface area contributed by atoms with E-state index in [0.29, 0.717) is 6.61 Å². The van der Waals surface area contributed by atoms with Gasteiger partial charge in [0.15, 0.2) is 0 Å². The summed E-state index contributed by atoms with van der Waals surface area (Å²) in [6.07, 6.45) is 3.53. The Morgan fingerprint density at radius 1 is 1.06 bits per heavy atom. The molecule has 0 unspecified atom stereocenters. The first-order valence-corrected chi connectivity index (χ1v) is 5.90. The SMILES string of the molecule is C=CCOc1ccnc2c1ccc1ccccc12. The van der Waals surface area contributed by atoms with Crippen molar-refractivity contribution in [2.45, 2.75) is 0 Å². The van der Waals surface area contributed by atoms with Crippen LogP contribution in [0.4, 0.5) is 0 Å². The number of hydrogen-bond donors (Lipinski definition) is 0. The summed E-state index contributed by atoms with van der Waals surface area (Å²) in [5.74, 6) is 0.852. The summed E-state index contributed by atoms with van der Waals surface area (Å²) in [4.78, 5) is 4.47. The molecule has 1 aromatic heterocycles. The van der Waals surface area contributed by atoms with Crippen LogP contribution < -0.4 is 4.74 Å². The Kier molecular flexibility index (Phi) is 2.69. The molecule has 0 aliphatic carbocycles. The van der Waals surface area contributed by atoms with Crippen LogP contribution in [0.2, 0.25) is 0 Å². The zero-order valence-electron chi connectivity index (χ0n) is 9.97. The molecule has 0 saturated carbocycles. The predicted octanol–water partition coefficient (Wildman–Crippen LogP) is 3.95. The van der Waals surface area contributed by atoms with E-state index in [1.54, 1.807) is 12.3 Å². The topological polar surface area (TPSA) is 22.1 Å². The third-order valence-electron chi connectivity index (χ3n) is 2.95. The number of fused-ring (bicyclic) bond motifs is 3. The van der Waals surface area contributed by atoms with E-state index in [2.05, 4.69) is 35.8 Å². The van der Waals surface area contributed by atoms with Crippen molar-refractivity contribution < 1.29 is 4.74 Å². The molecule has 18 heavy (non-hydrogen) atoms. The van der Waals surface area contributed by atoms with Crippen molar-refractivity contribution in [3.05, 3.63) is 61.3 Å². The highest BCUT2D eigenvalue weighted by Gasteiger charge is 2.05. The van der Waals surface area contributed by atoms with Crippen molar-refractivity contribution in [1.29, 1.82) is 0 Å². The highest BCUT2D eigenvalue weighted by molar-refractivity contribution is 6.06. The molecule has 0 aliphatic heterocycles. The fourth-order valence-corrected chi connectivity index (χ4v) is 2.14. The van der Waals surface area contributed by atoms with Gasteiger partial charge in [0.05, 0.1) is 5.52 Å². The quantitative estimate of drug-likeness (QED) is 0.506. The molecular weight excluding hydrogens is 222 g/mol. The Bertz CT molecular complexity index is 718. The average Bonchev–Trinajstić information content (AvgIpc) is 2.44. The van der Waals surface area contributed by atoms with E-state index in [0.717, 1.165) is 22.0 Å². The lowest BCUT2D eigenvalue weighted by molar-refractivity contribution is 0.367. The molecule has 3 rings (SSSR count). The molecule has 88 valence electrons. The summed E-state index contributed by atoms with van der Waals surface area (Å²) in [6, 6.07) is 14.3. The van der Waals surface area contributed by atoms with E-state index in [-0.39, 0.29) is 0 Å². The number of ether oxygens (including phenoxy) is 1. The third-order valence-corrected chi connectivity index (χ3v) is 2.95. The van der Waals surface area contributed by atoms with Gasteiger partial charge in [0.25, 0.3) is 0 Å². The van der Waals surface area contributed by atoms with E-state index >= 15 is 0 Å². The fourth-order valence-electron chi connectivity index (χ4n) is 2.14. The number of nitrogens with zero attached hydrogens (tertiary/aromatic N) is 1. The van der Waals surface area contributed by atoms with Gasteiger partial charge >= 0.3 is 0 Å². The number of hydrogen-bond acceptors (Lipinski definition) is 2. The van der Waals surface area contributed by atoms with Crippen LogP contribution in [0.15, 0.2) is 61.3 Å². The lowest BCUT2D eigenvalue weighted by Crippen LogP contribution is -1.94. The van der Waals surface area contributed by atoms with Crippen molar-refractivity contribution in [3.8, 4) is 5.75 Å². The van der Waals surface area contributed by atoms with Crippen molar-refractivity contribution in [3.63, 3.8) is 0 Å². The van der Waals surface area contributed by atoms with Gasteiger partial charge in [0.2, 0.25) is 0 Å². The van der Waals surface area contributed by atoms with Gasteiger partial charge in [0.1, 0.15) is 12.4 Å². The van der Waals surface area contributed by atoms with Crippen LogP contribution in [0.5, 0.6) is 5.75 Å². The van der Waals surface area contributed by atoms with Crippen molar-refractivity contribution in [1.82, 2.24) is 4.98 Å². The van der Waals surface area contributed by atoms with Crippen molar-refractivity contribution in [2.24, 2.45) is 0 Å². The van der Waals surface area contributed by atoms with Gasteiger partial charge in [-0.25, -0.2) is 0 Å². The lowest BCUT2D eigenvalue weighted by Gasteiger charge is -2.08. The smallest absolute Gasteiger partial charge is 0.130 e. The molecule has 0 atom stereocenters. The largest absolute Gasteiger partial charge is 0.489 e. The maximum absolute atomic E-state index is 5.66. The Morgan fingerprint density at radius 2 is 1.94 bits per heavy atom. The first-order chi connectivity index (χ1) is 8.90. The highest BCUT2D eigenvalue weighted by Crippen LogP contribution is 2.29. The minimum Gasteiger partial charge on any atom is -0.489 e. The second-order valence-electron chi connectivity index (χ2n) is 4.09. The van der Waals surface area contributed by atoms with E-state index in [4.69, 9.17) is 4.74 Å². The number of benzene rings is 2. The van der Waals surface area contributed by atoms with E-state index in [1.807, 2.05) is 18.2 Å². The first kappa shape index (κ1) is 10.8. The van der Waals surface area contributed by atoms with Crippen LogP contribution in [-0.2, 0) is 0 Å². The van der Waals surface area contributed by atoms with Crippen LogP contribution in [0.25, 0.3) is 21.7 Å². The van der Waals surface area contributed by atoms with Gasteiger partial charge in [-0.1, -0.05) is 43.0 Å². The predicted molar refractivity (Wildman–Crippen MR) is 74.9 cm³/mol. The first-order valence-electron chi connectivity index (χ1n) is 5.90. The summed E-state index contributed by atoms with van der Waals surface area (Å²) < 4.78 is 5.66. The lowest BCUT2D eigenvalue weighted by atomic mass is 10.1. The fraction of sp³-hybridized carbons (Fsp3) is 0.0625. The minimum atomic E-state index is 0.506. The van der Waals surface area contributed by atoms with Gasteiger partial charge < -0.3 is 4.74 Å². The average molecular weight is 235 g/mol. The summed E-state index contributed by atoms with van der Waals surface area (Å²) in [6.45, 7) is 4.17. The zero-order chi connectivity index (χ0) is 12.4. The second kappa shape index (κ2) is 4.49. The molecule has 0 fully saturated rings. The summed E-state index contributed by atoms with van der Waals surface area (Å²) >= 11 is 0. The summed E-state index contributed by atoms with van der Waals surface area (Å²) in [5, 5.41) is 3.38. The normalized spacial score (nSPS) is 10.7. The summed E-state index contributed by atoms with van der Waals surface area (Å²) in [7, 11) is 0. The maximum atomic E-state index is 5.66. The molecule has 0 spiro atoms. The molecule has 0 N–H and O–H groups in total. The van der Waals surface area contributed by atoms with Crippen LogP contribution in [0.3, 0.4) is 0 Å². The zero-order valence-corrected chi connectivity index (χ0v) is 9.97. The minimum absolute atomic E-state index is 0.506. The molecule has 0 radical (unpaired) electrons. The van der Waals surface area contributed by atoms with Gasteiger partial charge in [-0.2, -0.15) is 0 Å². The molecule has 0 amide bonds. The summed E-state index contributed by atoms with van der Waals surface area (Å²) in [5.41, 5.74) is 0.981. The monoisotopic (exact) mass is 235 g/mol. The number of aromatic nitrogens is 1. The molecule has 0 saturated heterocycles. The van der Waals surface area contributed by atoms with Gasteiger partial charge in [-0.3, -0.25) is 4.98 Å². The van der Waals surface area contributed by atoms with E-state index in [1.165, 1.54) is 5.39 Å². The molecular formula is C16H13NO. The maximum Gasteiger partial charge on any atom is 0.130 e. The van der Waals surface area contributed by atoms with Crippen LogP contribution in [0.1, 0.15) is 0 Å². The Labute approximate surface area is 106 Å². The van der Waals surface area contributed by atoms with Crippen LogP contribution in [0, 0.1) is 0 Å². The molecule has 3 aromatic rings. The molecule has 2 nitrogen and oxygen atoms in total. The molecule has 0 aliphatic rings. The molecule has 1 heterocycles. The number of rotatable bonds is 3. The Balaban J connectivity index is 2.29. The second-order valence-corrected chi connectivity index (χ2v) is 4.09. The third kappa shape index (κ3) is 1.72. The van der Waals surface area contributed by atoms with Gasteiger partial charge in [-0.15, -0.1) is 0 Å². The number of pyridine rings is 1. The van der Waals surface area contributed by atoms with Crippen molar-refractivity contribution >= 4 is 21.7 Å². The van der Waals surface area contributed by atoms with Crippen molar-refractivity contribution in [2.75, 3.05) is 6.61 Å². The Hall–Kier alpha value is -2.35. The molecule has 0 bridgehead atoms. The van der Waals surface area contributed by atoms with Crippen LogP contribution in [-0.4, -0.2) is 11.6 Å². The van der Waals surface area contributed by atoms with E-state index < -0.39 is 0 Å². The standard InChI is InChI=1S/C16H13NO/c1-2-11-18-15-9-10-17-16-13-6-4-3-5-12(13)7-8-14(15)16/h2-10H,1,11H2. The molecule has 2 aromatic carbocycles. The van der Waals surface area contributed by atoms with Gasteiger partial charge in [0, 0.05) is 17.0 Å². The van der Waals surface area contributed by atoms with Gasteiger partial charge in [-0.05, 0) is 17.5 Å². The Morgan fingerprint density at radius 3 is 2.83 bits per heavy atom. The van der Waals surface area contributed by atoms with Crippen LogP contribution >= 0.6 is 0 Å². The highest BCUT2D eigenvalue weighted by atomic mass is 16.5. The molecule has 2 heteroatoms. The van der Waals surface area contributed by atoms with E-state index in [9.17, 15) is 0 Å².